The third-order valence-electron chi connectivity index (χ3n) is 12.6. The van der Waals surface area contributed by atoms with Gasteiger partial charge in [0, 0.05) is 52.5 Å². The predicted octanol–water partition coefficient (Wildman–Crippen LogP) is 16.6. The molecule has 3 heteroatoms. The van der Waals surface area contributed by atoms with Crippen molar-refractivity contribution in [3.05, 3.63) is 255 Å². The van der Waals surface area contributed by atoms with Crippen molar-refractivity contribution < 1.29 is 0 Å². The molecule has 0 aliphatic carbocycles. The average molecular weight is 823 g/mol. The summed E-state index contributed by atoms with van der Waals surface area (Å²) in [4.78, 5) is 5.22. The lowest BCUT2D eigenvalue weighted by atomic mass is 10.0. The van der Waals surface area contributed by atoms with Crippen molar-refractivity contribution in [3.8, 4) is 33.6 Å². The van der Waals surface area contributed by atoms with E-state index in [4.69, 9.17) is 0 Å². The largest absolute Gasteiger partial charge is 0.309 e. The minimum Gasteiger partial charge on any atom is -0.309 e. The van der Waals surface area contributed by atoms with Gasteiger partial charge in [0.15, 0.2) is 0 Å². The molecule has 0 unspecified atom stereocenters. The van der Waals surface area contributed by atoms with E-state index < -0.39 is 10.0 Å². The number of nitrogens with zero attached hydrogens (tertiary/aromatic N) is 2. The molecule has 12 rings (SSSR count). The van der Waals surface area contributed by atoms with Crippen molar-refractivity contribution in [2.45, 2.75) is 19.6 Å². The second-order valence-corrected chi connectivity index (χ2v) is 19.2. The van der Waals surface area contributed by atoms with Crippen LogP contribution in [0.1, 0.15) is 0 Å². The summed E-state index contributed by atoms with van der Waals surface area (Å²) in [5.41, 5.74) is 11.8. The van der Waals surface area contributed by atoms with Crippen LogP contribution >= 0.6 is 10.0 Å². The number of hydrogen-bond donors (Lipinski definition) is 0. The van der Waals surface area contributed by atoms with Crippen molar-refractivity contribution in [2.75, 3.05) is 0 Å². The molecule has 2 aromatic heterocycles. The maximum absolute atomic E-state index is 2.48. The van der Waals surface area contributed by atoms with Gasteiger partial charge in [0.1, 0.15) is 0 Å². The summed E-state index contributed by atoms with van der Waals surface area (Å²) in [6, 6.07) is 93.9. The van der Waals surface area contributed by atoms with E-state index in [1.165, 1.54) is 85.4 Å². The second-order valence-electron chi connectivity index (χ2n) is 16.1. The van der Waals surface area contributed by atoms with Crippen LogP contribution in [0.2, 0.25) is 0 Å². The van der Waals surface area contributed by atoms with E-state index in [0.717, 1.165) is 11.4 Å². The number of benzene rings is 10. The fourth-order valence-corrected chi connectivity index (χ4v) is 13.7. The molecule has 63 heavy (non-hydrogen) atoms. The summed E-state index contributed by atoms with van der Waals surface area (Å²) < 4.78 is 4.95. The zero-order valence-electron chi connectivity index (χ0n) is 34.6. The number of hydrogen-bond acceptors (Lipinski definition) is 0. The number of fused-ring (bicyclic) bond motifs is 6. The van der Waals surface area contributed by atoms with Gasteiger partial charge in [0.2, 0.25) is 0 Å². The van der Waals surface area contributed by atoms with Crippen LogP contribution in [0.4, 0.5) is 0 Å². The number of rotatable bonds is 8. The van der Waals surface area contributed by atoms with Crippen LogP contribution in [0.3, 0.4) is 0 Å². The Balaban J connectivity index is 1.09. The van der Waals surface area contributed by atoms with Crippen molar-refractivity contribution in [2.24, 2.45) is 0 Å². The lowest BCUT2D eigenvalue weighted by Crippen LogP contribution is -2.06. The number of para-hydroxylation sites is 1. The summed E-state index contributed by atoms with van der Waals surface area (Å²) >= 11 is 0. The van der Waals surface area contributed by atoms with Crippen molar-refractivity contribution in [1.29, 1.82) is 0 Å². The first-order valence-corrected chi connectivity index (χ1v) is 23.2. The van der Waals surface area contributed by atoms with Crippen LogP contribution in [0.15, 0.2) is 274 Å². The smallest absolute Gasteiger partial charge is 0.0547 e. The molecule has 2 nitrogen and oxygen atoms in total. The van der Waals surface area contributed by atoms with Crippen molar-refractivity contribution in [3.63, 3.8) is 0 Å². The van der Waals surface area contributed by atoms with Crippen molar-refractivity contribution >= 4 is 53.6 Å². The molecule has 0 aliphatic heterocycles. The monoisotopic (exact) mass is 822 g/mol. The van der Waals surface area contributed by atoms with E-state index in [2.05, 4.69) is 264 Å². The Kier molecular flexibility index (Phi) is 8.95. The fraction of sp³-hybridized carbons (Fsp3) is 0. The molecule has 10 aromatic carbocycles. The maximum atomic E-state index is 2.48. The quantitative estimate of drug-likeness (QED) is 0.144. The highest BCUT2D eigenvalue weighted by atomic mass is 32.3. The Morgan fingerprint density at radius 1 is 0.222 bits per heavy atom. The SMILES string of the molecule is c1ccc(-c2ccc3c4ccc(-c5ccccc5)cc4n(-c4ccc5c(c4)c4ccccc4n5-c4cccc(S(c5ccccc5)(c5ccccc5)c5ccccc5)c4)c3c2)cc1. The van der Waals surface area contributed by atoms with Crippen molar-refractivity contribution in [1.82, 2.24) is 9.13 Å². The zero-order chi connectivity index (χ0) is 41.7. The highest BCUT2D eigenvalue weighted by Crippen LogP contribution is 2.73. The molecule has 12 aromatic rings. The van der Waals surface area contributed by atoms with Crippen LogP contribution in [0, 0.1) is 0 Å². The van der Waals surface area contributed by atoms with Crippen LogP contribution < -0.4 is 0 Å². The first-order valence-electron chi connectivity index (χ1n) is 21.6. The van der Waals surface area contributed by atoms with E-state index in [0.29, 0.717) is 0 Å². The predicted molar refractivity (Wildman–Crippen MR) is 266 cm³/mol. The molecule has 298 valence electrons. The second kappa shape index (κ2) is 15.3. The molecule has 0 saturated carbocycles. The molecule has 0 spiro atoms. The third kappa shape index (κ3) is 6.04. The Morgan fingerprint density at radius 2 is 0.635 bits per heavy atom. The van der Waals surface area contributed by atoms with Crippen LogP contribution in [0.5, 0.6) is 0 Å². The third-order valence-corrected chi connectivity index (χ3v) is 16.5. The molecule has 0 N–H and O–H groups in total. The lowest BCUT2D eigenvalue weighted by molar-refractivity contribution is 1.14. The molecular formula is C60H42N2S. The van der Waals surface area contributed by atoms with Gasteiger partial charge in [-0.1, -0.05) is 164 Å². The minimum absolute atomic E-state index is 1.13. The molecule has 0 aliphatic rings. The summed E-state index contributed by atoms with van der Waals surface area (Å²) in [6.07, 6.45) is 0. The normalized spacial score (nSPS) is 12.1. The summed E-state index contributed by atoms with van der Waals surface area (Å²) in [5.74, 6) is 0. The van der Waals surface area contributed by atoms with Gasteiger partial charge < -0.3 is 9.13 Å². The molecular weight excluding hydrogens is 781 g/mol. The van der Waals surface area contributed by atoms with Gasteiger partial charge in [-0.05, 0) is 113 Å². The van der Waals surface area contributed by atoms with E-state index in [-0.39, 0.29) is 0 Å². The Morgan fingerprint density at radius 3 is 1.17 bits per heavy atom. The van der Waals surface area contributed by atoms with Gasteiger partial charge in [-0.2, -0.15) is 0 Å². The topological polar surface area (TPSA) is 9.86 Å². The van der Waals surface area contributed by atoms with Gasteiger partial charge in [-0.15, -0.1) is 10.0 Å². The molecule has 2 heterocycles. The van der Waals surface area contributed by atoms with Crippen LogP contribution in [-0.2, 0) is 0 Å². The van der Waals surface area contributed by atoms with Gasteiger partial charge in [0.05, 0.1) is 22.1 Å². The maximum Gasteiger partial charge on any atom is 0.0547 e. The molecule has 0 fully saturated rings. The molecule has 0 bridgehead atoms. The first kappa shape index (κ1) is 37.0. The van der Waals surface area contributed by atoms with E-state index in [9.17, 15) is 0 Å². The Hall–Kier alpha value is -7.85. The van der Waals surface area contributed by atoms with Gasteiger partial charge >= 0.3 is 0 Å². The summed E-state index contributed by atoms with van der Waals surface area (Å²) in [5, 5.41) is 4.92. The van der Waals surface area contributed by atoms with Crippen LogP contribution in [0.25, 0.3) is 77.2 Å². The zero-order valence-corrected chi connectivity index (χ0v) is 35.4. The molecule has 0 radical (unpaired) electrons. The highest BCUT2D eigenvalue weighted by Gasteiger charge is 2.33. The van der Waals surface area contributed by atoms with Gasteiger partial charge in [-0.25, -0.2) is 0 Å². The summed E-state index contributed by atoms with van der Waals surface area (Å²) in [6.45, 7) is 0. The first-order chi connectivity index (χ1) is 31.3. The van der Waals surface area contributed by atoms with E-state index >= 15 is 0 Å². The fourth-order valence-electron chi connectivity index (χ4n) is 9.80. The van der Waals surface area contributed by atoms with Crippen LogP contribution in [-0.4, -0.2) is 9.13 Å². The van der Waals surface area contributed by atoms with Gasteiger partial charge in [0.25, 0.3) is 0 Å². The molecule has 0 amide bonds. The van der Waals surface area contributed by atoms with E-state index in [1.807, 2.05) is 0 Å². The number of aromatic nitrogens is 2. The average Bonchev–Trinajstić information content (AvgIpc) is 3.87. The Labute approximate surface area is 368 Å². The minimum atomic E-state index is -1.87. The highest BCUT2D eigenvalue weighted by molar-refractivity contribution is 8.34. The molecule has 0 atom stereocenters. The lowest BCUT2D eigenvalue weighted by Gasteiger charge is -2.42. The summed E-state index contributed by atoms with van der Waals surface area (Å²) in [7, 11) is -1.87. The van der Waals surface area contributed by atoms with Gasteiger partial charge in [-0.3, -0.25) is 0 Å². The molecule has 0 saturated heterocycles. The Bertz CT molecular complexity index is 3400. The standard InChI is InChI=1S/C60H42N2S/c1-6-19-43(20-7-1)45-33-36-54-55-37-34-46(44-21-8-2-9-22-44)40-60(55)62(59(54)39-45)48-35-38-58-56(42-48)53-31-16-17-32-57(53)61(58)47-23-18-30-52(41-47)63(49-24-10-3-11-25-49,50-26-12-4-13-27-50)51-28-14-5-15-29-51/h1-42H. The van der Waals surface area contributed by atoms with E-state index in [1.54, 1.807) is 0 Å².